The third-order valence-electron chi connectivity index (χ3n) is 5.94. The molecular weight excluding hydrogens is 436 g/mol. The maximum Gasteiger partial charge on any atom is 0.321 e. The maximum atomic E-state index is 12.8. The first-order valence-electron chi connectivity index (χ1n) is 11.1. The third kappa shape index (κ3) is 6.92. The van der Waals surface area contributed by atoms with E-state index < -0.39 is 22.0 Å². The van der Waals surface area contributed by atoms with Crippen LogP contribution >= 0.6 is 11.8 Å². The molecule has 1 aromatic heterocycles. The lowest BCUT2D eigenvalue weighted by Gasteiger charge is -2.29. The van der Waals surface area contributed by atoms with Crippen molar-refractivity contribution < 1.29 is 18.0 Å². The van der Waals surface area contributed by atoms with Crippen LogP contribution in [0.15, 0.2) is 28.3 Å². The van der Waals surface area contributed by atoms with Crippen molar-refractivity contribution in [3.8, 4) is 0 Å². The molecule has 10 heteroatoms. The van der Waals surface area contributed by atoms with Crippen molar-refractivity contribution in [2.75, 3.05) is 18.8 Å². The summed E-state index contributed by atoms with van der Waals surface area (Å²) in [4.78, 5) is 28.5. The van der Waals surface area contributed by atoms with E-state index in [2.05, 4.69) is 22.5 Å². The molecule has 1 aliphatic heterocycles. The minimum atomic E-state index is -3.54. The number of carbonyl (C=O) groups excluding carboxylic acids is 2. The highest BCUT2D eigenvalue weighted by molar-refractivity contribution is 7.99. The summed E-state index contributed by atoms with van der Waals surface area (Å²) >= 11 is 1.16. The van der Waals surface area contributed by atoms with Gasteiger partial charge in [0.1, 0.15) is 4.90 Å². The zero-order valence-corrected chi connectivity index (χ0v) is 19.6. The van der Waals surface area contributed by atoms with Crippen LogP contribution in [0.2, 0.25) is 0 Å². The Hall–Kier alpha value is -1.65. The van der Waals surface area contributed by atoms with Gasteiger partial charge in [-0.1, -0.05) is 44.4 Å². The molecule has 172 valence electrons. The minimum absolute atomic E-state index is 0.0266. The number of sulfonamides is 1. The molecular formula is C21H32N4O4S2. The lowest BCUT2D eigenvalue weighted by atomic mass is 9.86. The van der Waals surface area contributed by atoms with Crippen molar-refractivity contribution in [3.63, 3.8) is 0 Å². The summed E-state index contributed by atoms with van der Waals surface area (Å²) in [5.74, 6) is 0.0325. The van der Waals surface area contributed by atoms with Gasteiger partial charge in [-0.2, -0.15) is 4.31 Å². The highest BCUT2D eigenvalue weighted by atomic mass is 32.2. The van der Waals surface area contributed by atoms with Gasteiger partial charge in [-0.25, -0.2) is 18.2 Å². The molecule has 31 heavy (non-hydrogen) atoms. The van der Waals surface area contributed by atoms with E-state index in [1.54, 1.807) is 6.07 Å². The number of nitrogens with one attached hydrogen (secondary N) is 2. The SMILES string of the molecule is CC1CCCCC1NC(=O)NC(=O)CSc1ccc(S(=O)(=O)N2CCCCCC2)cn1. The Morgan fingerprint density at radius 2 is 1.81 bits per heavy atom. The predicted molar refractivity (Wildman–Crippen MR) is 120 cm³/mol. The predicted octanol–water partition coefficient (Wildman–Crippen LogP) is 3.14. The summed E-state index contributed by atoms with van der Waals surface area (Å²) < 4.78 is 27.1. The normalized spacial score (nSPS) is 23.0. The Morgan fingerprint density at radius 3 is 2.45 bits per heavy atom. The van der Waals surface area contributed by atoms with Crippen LogP contribution < -0.4 is 10.6 Å². The lowest BCUT2D eigenvalue weighted by molar-refractivity contribution is -0.117. The van der Waals surface area contributed by atoms with E-state index in [4.69, 9.17) is 0 Å². The van der Waals surface area contributed by atoms with Gasteiger partial charge in [-0.3, -0.25) is 10.1 Å². The molecule has 1 aromatic rings. The number of pyridine rings is 1. The molecule has 0 bridgehead atoms. The number of aromatic nitrogens is 1. The molecule has 3 rings (SSSR count). The highest BCUT2D eigenvalue weighted by Crippen LogP contribution is 2.24. The van der Waals surface area contributed by atoms with E-state index in [1.165, 1.54) is 23.0 Å². The quantitative estimate of drug-likeness (QED) is 0.621. The first-order chi connectivity index (χ1) is 14.9. The molecule has 2 N–H and O–H groups in total. The van der Waals surface area contributed by atoms with Gasteiger partial charge in [-0.15, -0.1) is 0 Å². The van der Waals surface area contributed by atoms with Crippen LogP contribution in [-0.2, 0) is 14.8 Å². The molecule has 2 fully saturated rings. The van der Waals surface area contributed by atoms with Gasteiger partial charge in [0.15, 0.2) is 0 Å². The van der Waals surface area contributed by atoms with Gasteiger partial charge in [0.2, 0.25) is 15.9 Å². The van der Waals surface area contributed by atoms with Gasteiger partial charge < -0.3 is 5.32 Å². The molecule has 2 heterocycles. The molecule has 2 aliphatic rings. The van der Waals surface area contributed by atoms with Crippen LogP contribution in [0.4, 0.5) is 4.79 Å². The van der Waals surface area contributed by atoms with Crippen molar-refractivity contribution in [2.24, 2.45) is 5.92 Å². The monoisotopic (exact) mass is 468 g/mol. The van der Waals surface area contributed by atoms with Gasteiger partial charge in [0.05, 0.1) is 10.8 Å². The fourth-order valence-electron chi connectivity index (χ4n) is 4.07. The Balaban J connectivity index is 1.47. The number of thioether (sulfide) groups is 1. The summed E-state index contributed by atoms with van der Waals surface area (Å²) in [6.07, 6.45) is 9.51. The van der Waals surface area contributed by atoms with Crippen LogP contribution in [-0.4, -0.2) is 54.5 Å². The number of hydrogen-bond acceptors (Lipinski definition) is 6. The van der Waals surface area contributed by atoms with E-state index >= 15 is 0 Å². The van der Waals surface area contributed by atoms with E-state index in [1.807, 2.05) is 0 Å². The first kappa shape index (κ1) is 24.0. The highest BCUT2D eigenvalue weighted by Gasteiger charge is 2.26. The molecule has 1 saturated carbocycles. The molecule has 8 nitrogen and oxygen atoms in total. The number of urea groups is 1. The Kier molecular flexibility index (Phi) is 8.74. The van der Waals surface area contributed by atoms with E-state index in [-0.39, 0.29) is 16.7 Å². The smallest absolute Gasteiger partial charge is 0.321 e. The fourth-order valence-corrected chi connectivity index (χ4v) is 6.18. The number of imide groups is 1. The van der Waals surface area contributed by atoms with Crippen molar-refractivity contribution in [1.29, 1.82) is 0 Å². The zero-order valence-electron chi connectivity index (χ0n) is 18.0. The number of carbonyl (C=O) groups is 2. The average Bonchev–Trinajstić information content (AvgIpc) is 3.04. The third-order valence-corrected chi connectivity index (χ3v) is 8.77. The molecule has 1 saturated heterocycles. The lowest BCUT2D eigenvalue weighted by Crippen LogP contribution is -2.48. The Morgan fingerprint density at radius 1 is 1.10 bits per heavy atom. The molecule has 1 aliphatic carbocycles. The molecule has 0 radical (unpaired) electrons. The summed E-state index contributed by atoms with van der Waals surface area (Å²) in [5, 5.41) is 5.79. The van der Waals surface area contributed by atoms with Crippen LogP contribution in [0.1, 0.15) is 58.3 Å². The summed E-state index contributed by atoms with van der Waals surface area (Å²) in [5.41, 5.74) is 0. The molecule has 2 atom stereocenters. The standard InChI is InChI=1S/C21H32N4O4S2/c1-16-8-4-5-9-18(16)23-21(27)24-19(26)15-30-20-11-10-17(14-22-20)31(28,29)25-12-6-2-3-7-13-25/h10-11,14,16,18H,2-9,12-13,15H2,1H3,(H2,23,24,26,27). The average molecular weight is 469 g/mol. The van der Waals surface area contributed by atoms with Crippen LogP contribution in [0.25, 0.3) is 0 Å². The van der Waals surface area contributed by atoms with Gasteiger partial charge >= 0.3 is 6.03 Å². The summed E-state index contributed by atoms with van der Waals surface area (Å²) in [6.45, 7) is 3.20. The van der Waals surface area contributed by atoms with Crippen LogP contribution in [0, 0.1) is 5.92 Å². The van der Waals surface area contributed by atoms with E-state index in [9.17, 15) is 18.0 Å². The van der Waals surface area contributed by atoms with Gasteiger partial charge in [0, 0.05) is 25.3 Å². The summed E-state index contributed by atoms with van der Waals surface area (Å²) in [7, 11) is -3.54. The van der Waals surface area contributed by atoms with Crippen molar-refractivity contribution in [1.82, 2.24) is 19.9 Å². The van der Waals surface area contributed by atoms with Crippen molar-refractivity contribution >= 4 is 33.7 Å². The Labute approximate surface area is 189 Å². The maximum absolute atomic E-state index is 12.8. The van der Waals surface area contributed by atoms with Gasteiger partial charge in [0.25, 0.3) is 0 Å². The largest absolute Gasteiger partial charge is 0.335 e. The van der Waals surface area contributed by atoms with E-state index in [0.717, 1.165) is 56.7 Å². The number of hydrogen-bond donors (Lipinski definition) is 2. The fraction of sp³-hybridized carbons (Fsp3) is 0.667. The second-order valence-corrected chi connectivity index (χ2v) is 11.3. The molecule has 2 unspecified atom stereocenters. The summed E-state index contributed by atoms with van der Waals surface area (Å²) in [6, 6.07) is 2.78. The Bertz CT molecular complexity index is 853. The number of rotatable bonds is 6. The van der Waals surface area contributed by atoms with Crippen molar-refractivity contribution in [3.05, 3.63) is 18.3 Å². The second-order valence-electron chi connectivity index (χ2n) is 8.33. The number of amides is 3. The van der Waals surface area contributed by atoms with Crippen LogP contribution in [0.5, 0.6) is 0 Å². The van der Waals surface area contributed by atoms with Crippen molar-refractivity contribution in [2.45, 2.75) is 74.3 Å². The molecule has 3 amide bonds. The molecule has 0 aromatic carbocycles. The van der Waals surface area contributed by atoms with E-state index in [0.29, 0.717) is 24.0 Å². The zero-order chi connectivity index (χ0) is 22.3. The minimum Gasteiger partial charge on any atom is -0.335 e. The molecule has 0 spiro atoms. The van der Waals surface area contributed by atoms with Crippen LogP contribution in [0.3, 0.4) is 0 Å². The first-order valence-corrected chi connectivity index (χ1v) is 13.5. The van der Waals surface area contributed by atoms with Gasteiger partial charge in [-0.05, 0) is 43.7 Å². The topological polar surface area (TPSA) is 108 Å². The number of nitrogens with zero attached hydrogens (tertiary/aromatic N) is 2. The second kappa shape index (κ2) is 11.3.